The van der Waals surface area contributed by atoms with Gasteiger partial charge in [-0.25, -0.2) is 8.42 Å². The van der Waals surface area contributed by atoms with Crippen LogP contribution < -0.4 is 5.32 Å². The van der Waals surface area contributed by atoms with E-state index in [1.54, 1.807) is 36.2 Å². The SMILES string of the molecule is CN(Cc1ccc(Cl)c(Cl)c1)C(=O)C(C)(CCN1CCC(NCS(C)(=O)=O)CC1)c1ccc(Cl)c(Cl)c1. The molecule has 1 amide bonds. The summed E-state index contributed by atoms with van der Waals surface area (Å²) in [7, 11) is -1.27. The summed E-state index contributed by atoms with van der Waals surface area (Å²) in [5.41, 5.74) is 0.841. The highest BCUT2D eigenvalue weighted by Crippen LogP contribution is 2.35. The molecule has 0 aromatic heterocycles. The van der Waals surface area contributed by atoms with Gasteiger partial charge in [0, 0.05) is 25.9 Å². The maximum Gasteiger partial charge on any atom is 0.233 e. The second-order valence-electron chi connectivity index (χ2n) is 10.0. The predicted molar refractivity (Wildman–Crippen MR) is 154 cm³/mol. The average Bonchev–Trinajstić information content (AvgIpc) is 2.84. The van der Waals surface area contributed by atoms with E-state index < -0.39 is 15.3 Å². The molecular formula is C26H33Cl4N3O3S. The van der Waals surface area contributed by atoms with Crippen molar-refractivity contribution in [2.75, 3.05) is 38.8 Å². The third-order valence-electron chi connectivity index (χ3n) is 6.93. The molecule has 0 aliphatic carbocycles. The minimum atomic E-state index is -3.05. The lowest BCUT2D eigenvalue weighted by Gasteiger charge is -2.37. The van der Waals surface area contributed by atoms with E-state index in [0.29, 0.717) is 39.6 Å². The number of likely N-dealkylation sites (N-methyl/N-ethyl adjacent to an activating group) is 1. The van der Waals surface area contributed by atoms with E-state index in [1.165, 1.54) is 6.26 Å². The van der Waals surface area contributed by atoms with Gasteiger partial charge in [0.25, 0.3) is 0 Å². The highest BCUT2D eigenvalue weighted by molar-refractivity contribution is 7.90. The Kier molecular flexibility index (Phi) is 10.6. The van der Waals surface area contributed by atoms with E-state index >= 15 is 0 Å². The van der Waals surface area contributed by atoms with Crippen LogP contribution in [-0.4, -0.2) is 69.0 Å². The van der Waals surface area contributed by atoms with E-state index in [1.807, 2.05) is 19.1 Å². The molecule has 1 N–H and O–H groups in total. The van der Waals surface area contributed by atoms with Gasteiger partial charge in [0.2, 0.25) is 5.91 Å². The maximum atomic E-state index is 13.9. The Balaban J connectivity index is 1.73. The second-order valence-corrected chi connectivity index (χ2v) is 13.8. The van der Waals surface area contributed by atoms with Crippen molar-refractivity contribution >= 4 is 62.1 Å². The van der Waals surface area contributed by atoms with Gasteiger partial charge in [-0.1, -0.05) is 58.5 Å². The maximum absolute atomic E-state index is 13.9. The van der Waals surface area contributed by atoms with E-state index in [0.717, 1.165) is 37.1 Å². The van der Waals surface area contributed by atoms with Crippen LogP contribution in [0.1, 0.15) is 37.3 Å². The molecule has 1 fully saturated rings. The lowest BCUT2D eigenvalue weighted by Crippen LogP contribution is -2.47. The van der Waals surface area contributed by atoms with Crippen LogP contribution in [0.4, 0.5) is 0 Å². The van der Waals surface area contributed by atoms with Crippen LogP contribution in [0.5, 0.6) is 0 Å². The number of likely N-dealkylation sites (tertiary alicyclic amines) is 1. The standard InChI is InChI=1S/C26H33Cl4N3O3S/c1-26(19-5-7-22(28)24(30)15-19,25(34)32(2)16-18-4-6-21(27)23(29)14-18)10-13-33-11-8-20(9-12-33)31-17-37(3,35)36/h4-7,14-15,20,31H,8-13,16-17H2,1-3H3. The minimum Gasteiger partial charge on any atom is -0.341 e. The molecule has 1 unspecified atom stereocenters. The van der Waals surface area contributed by atoms with Gasteiger partial charge >= 0.3 is 0 Å². The Labute approximate surface area is 240 Å². The fourth-order valence-corrected chi connectivity index (χ4v) is 5.79. The molecule has 0 radical (unpaired) electrons. The monoisotopic (exact) mass is 607 g/mol. The number of rotatable bonds is 10. The summed E-state index contributed by atoms with van der Waals surface area (Å²) >= 11 is 24.8. The Morgan fingerprint density at radius 2 is 1.62 bits per heavy atom. The van der Waals surface area contributed by atoms with E-state index in [9.17, 15) is 13.2 Å². The molecule has 0 saturated carbocycles. The van der Waals surface area contributed by atoms with E-state index in [2.05, 4.69) is 10.2 Å². The van der Waals surface area contributed by atoms with Gasteiger partial charge < -0.3 is 15.1 Å². The largest absolute Gasteiger partial charge is 0.341 e. The fraction of sp³-hybridized carbons (Fsp3) is 0.500. The molecule has 1 aliphatic rings. The number of nitrogens with zero attached hydrogens (tertiary/aromatic N) is 2. The lowest BCUT2D eigenvalue weighted by molar-refractivity contribution is -0.136. The quantitative estimate of drug-likeness (QED) is 0.377. The molecule has 0 spiro atoms. The first-order valence-corrected chi connectivity index (χ1v) is 15.6. The summed E-state index contributed by atoms with van der Waals surface area (Å²) in [5.74, 6) is -0.0473. The summed E-state index contributed by atoms with van der Waals surface area (Å²) < 4.78 is 22.9. The number of benzene rings is 2. The lowest BCUT2D eigenvalue weighted by atomic mass is 9.77. The minimum absolute atomic E-state index is 0.00721. The Hall–Kier alpha value is -1.06. The summed E-state index contributed by atoms with van der Waals surface area (Å²) in [6.07, 6.45) is 3.51. The van der Waals surface area contributed by atoms with Crippen LogP contribution in [0.3, 0.4) is 0 Å². The molecule has 11 heteroatoms. The molecule has 1 saturated heterocycles. The van der Waals surface area contributed by atoms with Gasteiger partial charge in [0.05, 0.1) is 31.4 Å². The van der Waals surface area contributed by atoms with E-state index in [-0.39, 0.29) is 17.8 Å². The molecule has 204 valence electrons. The molecule has 1 aliphatic heterocycles. The smallest absolute Gasteiger partial charge is 0.233 e. The van der Waals surface area contributed by atoms with Gasteiger partial charge in [0.1, 0.15) is 0 Å². The zero-order valence-electron chi connectivity index (χ0n) is 21.2. The van der Waals surface area contributed by atoms with Gasteiger partial charge in [-0.3, -0.25) is 4.79 Å². The number of nitrogens with one attached hydrogen (secondary N) is 1. The van der Waals surface area contributed by atoms with Crippen LogP contribution in [0.25, 0.3) is 0 Å². The third-order valence-corrected chi connectivity index (χ3v) is 9.10. The van der Waals surface area contributed by atoms with Crippen molar-refractivity contribution in [2.45, 2.75) is 44.2 Å². The molecule has 3 rings (SSSR count). The van der Waals surface area contributed by atoms with Crippen LogP contribution in [0.2, 0.25) is 20.1 Å². The first kappa shape index (κ1) is 30.5. The van der Waals surface area contributed by atoms with Crippen LogP contribution in [0.15, 0.2) is 36.4 Å². The Bertz CT molecular complexity index is 1220. The average molecular weight is 609 g/mol. The first-order valence-electron chi connectivity index (χ1n) is 12.1. The molecule has 0 bridgehead atoms. The summed E-state index contributed by atoms with van der Waals surface area (Å²) in [4.78, 5) is 17.9. The number of carbonyl (C=O) groups excluding carboxylic acids is 1. The summed E-state index contributed by atoms with van der Waals surface area (Å²) in [6, 6.07) is 10.9. The molecule has 37 heavy (non-hydrogen) atoms. The van der Waals surface area contributed by atoms with Crippen molar-refractivity contribution in [2.24, 2.45) is 0 Å². The topological polar surface area (TPSA) is 69.7 Å². The number of hydrogen-bond donors (Lipinski definition) is 1. The Morgan fingerprint density at radius 3 is 2.19 bits per heavy atom. The zero-order valence-corrected chi connectivity index (χ0v) is 25.1. The fourth-order valence-electron chi connectivity index (χ4n) is 4.63. The van der Waals surface area contributed by atoms with Crippen molar-refractivity contribution in [3.05, 3.63) is 67.6 Å². The normalized spacial score (nSPS) is 16.9. The first-order chi connectivity index (χ1) is 17.3. The highest BCUT2D eigenvalue weighted by Gasteiger charge is 2.38. The molecule has 2 aromatic carbocycles. The highest BCUT2D eigenvalue weighted by atomic mass is 35.5. The molecule has 1 atom stereocenters. The Morgan fingerprint density at radius 1 is 1.03 bits per heavy atom. The van der Waals surface area contributed by atoms with Crippen LogP contribution in [0, 0.1) is 0 Å². The van der Waals surface area contributed by atoms with Crippen LogP contribution >= 0.6 is 46.4 Å². The number of sulfone groups is 1. The molecule has 6 nitrogen and oxygen atoms in total. The molecule has 2 aromatic rings. The van der Waals surface area contributed by atoms with Gasteiger partial charge in [0.15, 0.2) is 9.84 Å². The van der Waals surface area contributed by atoms with Crippen molar-refractivity contribution in [1.82, 2.24) is 15.1 Å². The van der Waals surface area contributed by atoms with Gasteiger partial charge in [-0.15, -0.1) is 0 Å². The second kappa shape index (κ2) is 12.9. The van der Waals surface area contributed by atoms with E-state index in [4.69, 9.17) is 46.4 Å². The van der Waals surface area contributed by atoms with Crippen molar-refractivity contribution in [3.8, 4) is 0 Å². The number of piperidine rings is 1. The molecular weight excluding hydrogens is 576 g/mol. The van der Waals surface area contributed by atoms with Crippen molar-refractivity contribution in [3.63, 3.8) is 0 Å². The van der Waals surface area contributed by atoms with Gasteiger partial charge in [-0.2, -0.15) is 0 Å². The number of amides is 1. The third kappa shape index (κ3) is 8.46. The number of carbonyl (C=O) groups is 1. The number of halogens is 4. The van der Waals surface area contributed by atoms with Crippen LogP contribution in [-0.2, 0) is 26.6 Å². The van der Waals surface area contributed by atoms with Gasteiger partial charge in [-0.05, 0) is 81.2 Å². The zero-order chi connectivity index (χ0) is 27.4. The van der Waals surface area contributed by atoms with Crippen molar-refractivity contribution < 1.29 is 13.2 Å². The molecule has 1 heterocycles. The predicted octanol–water partition coefficient (Wildman–Crippen LogP) is 5.66. The summed E-state index contributed by atoms with van der Waals surface area (Å²) in [6.45, 7) is 4.69. The summed E-state index contributed by atoms with van der Waals surface area (Å²) in [5, 5.41) is 4.89. The van der Waals surface area contributed by atoms with Crippen molar-refractivity contribution in [1.29, 1.82) is 0 Å². The number of hydrogen-bond acceptors (Lipinski definition) is 5.